The van der Waals surface area contributed by atoms with Gasteiger partial charge in [-0.2, -0.15) is 0 Å². The van der Waals surface area contributed by atoms with Crippen LogP contribution >= 0.6 is 11.3 Å². The number of rotatable bonds is 9. The van der Waals surface area contributed by atoms with Gasteiger partial charge in [-0.3, -0.25) is 14.4 Å². The van der Waals surface area contributed by atoms with Crippen molar-refractivity contribution < 1.29 is 17.9 Å². The lowest BCUT2D eigenvalue weighted by atomic mass is 9.87. The van der Waals surface area contributed by atoms with Gasteiger partial charge in [0.15, 0.2) is 0 Å². The molecule has 1 fully saturated rings. The molecule has 1 aromatic heterocycles. The van der Waals surface area contributed by atoms with E-state index in [0.717, 1.165) is 66.0 Å². The molecule has 1 saturated heterocycles. The Morgan fingerprint density at radius 3 is 2.37 bits per heavy atom. The SMILES string of the molecule is CC(C)(C)c1ccc(S(=O)(=O)Nc2ccc3sc(C(=O)NCCCN4CCOCC4)c(-c4ccccc4)c3c2)cc1. The molecule has 3 aromatic carbocycles. The number of anilines is 1. The van der Waals surface area contributed by atoms with Crippen molar-refractivity contribution in [3.05, 3.63) is 83.2 Å². The molecule has 1 aliphatic heterocycles. The van der Waals surface area contributed by atoms with E-state index < -0.39 is 10.0 Å². The van der Waals surface area contributed by atoms with Gasteiger partial charge in [-0.25, -0.2) is 8.42 Å². The van der Waals surface area contributed by atoms with Crippen molar-refractivity contribution in [3.63, 3.8) is 0 Å². The number of nitrogens with one attached hydrogen (secondary N) is 2. The Morgan fingerprint density at radius 2 is 1.68 bits per heavy atom. The quantitative estimate of drug-likeness (QED) is 0.229. The predicted octanol–water partition coefficient (Wildman–Crippen LogP) is 6.12. The standard InChI is InChI=1S/C32H37N3O4S2/c1-32(2,3)24-10-13-26(14-11-24)41(37,38)34-25-12-15-28-27(22-25)29(23-8-5-4-6-9-23)30(40-28)31(36)33-16-7-17-35-18-20-39-21-19-35/h4-6,8-15,22,34H,7,16-21H2,1-3H3,(H,33,36). The molecule has 4 aromatic rings. The maximum Gasteiger partial charge on any atom is 0.262 e. The second-order valence-electron chi connectivity index (χ2n) is 11.3. The minimum Gasteiger partial charge on any atom is -0.379 e. The molecule has 0 aliphatic carbocycles. The molecule has 1 aliphatic rings. The molecule has 0 unspecified atom stereocenters. The van der Waals surface area contributed by atoms with Gasteiger partial charge in [-0.15, -0.1) is 11.3 Å². The molecule has 216 valence electrons. The van der Waals surface area contributed by atoms with Crippen molar-refractivity contribution in [1.29, 1.82) is 0 Å². The van der Waals surface area contributed by atoms with E-state index in [-0.39, 0.29) is 16.2 Å². The van der Waals surface area contributed by atoms with E-state index >= 15 is 0 Å². The van der Waals surface area contributed by atoms with Crippen molar-refractivity contribution in [2.75, 3.05) is 44.1 Å². The van der Waals surface area contributed by atoms with Crippen molar-refractivity contribution in [2.45, 2.75) is 37.5 Å². The molecule has 0 radical (unpaired) electrons. The predicted molar refractivity (Wildman–Crippen MR) is 167 cm³/mol. The van der Waals surface area contributed by atoms with Gasteiger partial charge < -0.3 is 10.1 Å². The topological polar surface area (TPSA) is 87.7 Å². The first-order chi connectivity index (χ1) is 19.6. The molecule has 9 heteroatoms. The summed E-state index contributed by atoms with van der Waals surface area (Å²) in [5, 5.41) is 3.94. The van der Waals surface area contributed by atoms with Gasteiger partial charge in [0.2, 0.25) is 0 Å². The van der Waals surface area contributed by atoms with Gasteiger partial charge in [0.25, 0.3) is 15.9 Å². The lowest BCUT2D eigenvalue weighted by Crippen LogP contribution is -2.38. The summed E-state index contributed by atoms with van der Waals surface area (Å²) in [5.41, 5.74) is 3.17. The molecule has 1 amide bonds. The molecule has 5 rings (SSSR count). The fraction of sp³-hybridized carbons (Fsp3) is 0.344. The average molecular weight is 592 g/mol. The highest BCUT2D eigenvalue weighted by atomic mass is 32.2. The fourth-order valence-corrected chi connectivity index (χ4v) is 7.14. The Labute approximate surface area is 246 Å². The second-order valence-corrected chi connectivity index (χ2v) is 14.1. The highest BCUT2D eigenvalue weighted by Gasteiger charge is 2.22. The number of benzene rings is 3. The Bertz CT molecular complexity index is 1600. The number of morpholine rings is 1. The zero-order chi connectivity index (χ0) is 29.0. The summed E-state index contributed by atoms with van der Waals surface area (Å²) in [4.78, 5) is 16.6. The monoisotopic (exact) mass is 591 g/mol. The van der Waals surface area contributed by atoms with E-state index in [1.54, 1.807) is 18.2 Å². The summed E-state index contributed by atoms with van der Waals surface area (Å²) in [6.45, 7) is 11.2. The largest absolute Gasteiger partial charge is 0.379 e. The number of fused-ring (bicyclic) bond motifs is 1. The summed E-state index contributed by atoms with van der Waals surface area (Å²) in [6, 6.07) is 22.2. The maximum atomic E-state index is 13.4. The zero-order valence-corrected chi connectivity index (χ0v) is 25.4. The molecule has 2 N–H and O–H groups in total. The Morgan fingerprint density at radius 1 is 0.976 bits per heavy atom. The number of ether oxygens (including phenoxy) is 1. The first-order valence-corrected chi connectivity index (χ1v) is 16.3. The number of hydrogen-bond donors (Lipinski definition) is 2. The molecule has 0 bridgehead atoms. The molecule has 0 saturated carbocycles. The van der Waals surface area contributed by atoms with Crippen LogP contribution < -0.4 is 10.0 Å². The van der Waals surface area contributed by atoms with Crippen LogP contribution in [0.25, 0.3) is 21.2 Å². The van der Waals surface area contributed by atoms with Gasteiger partial charge in [-0.1, -0.05) is 63.2 Å². The number of thiophene rings is 1. The van der Waals surface area contributed by atoms with Crippen LogP contribution in [0.4, 0.5) is 5.69 Å². The normalized spacial score (nSPS) is 14.7. The van der Waals surface area contributed by atoms with E-state index in [1.165, 1.54) is 11.3 Å². The highest BCUT2D eigenvalue weighted by Crippen LogP contribution is 2.40. The van der Waals surface area contributed by atoms with E-state index in [1.807, 2.05) is 54.6 Å². The summed E-state index contributed by atoms with van der Waals surface area (Å²) >= 11 is 1.42. The number of carbonyl (C=O) groups excluding carboxylic acids is 1. The van der Waals surface area contributed by atoms with E-state index in [2.05, 4.69) is 35.7 Å². The third kappa shape index (κ3) is 6.98. The minimum absolute atomic E-state index is 0.0692. The van der Waals surface area contributed by atoms with Crippen molar-refractivity contribution >= 4 is 43.0 Å². The second kappa shape index (κ2) is 12.3. The minimum atomic E-state index is -3.79. The van der Waals surface area contributed by atoms with Crippen LogP contribution in [0.2, 0.25) is 0 Å². The van der Waals surface area contributed by atoms with E-state index in [0.29, 0.717) is 17.1 Å². The van der Waals surface area contributed by atoms with Gasteiger partial charge in [0, 0.05) is 41.0 Å². The molecule has 2 heterocycles. The number of sulfonamides is 1. The van der Waals surface area contributed by atoms with Crippen molar-refractivity contribution in [1.82, 2.24) is 10.2 Å². The first-order valence-electron chi connectivity index (χ1n) is 14.0. The zero-order valence-electron chi connectivity index (χ0n) is 23.8. The first kappa shape index (κ1) is 29.3. The van der Waals surface area contributed by atoms with Gasteiger partial charge >= 0.3 is 0 Å². The van der Waals surface area contributed by atoms with Crippen LogP contribution in [0.1, 0.15) is 42.4 Å². The average Bonchev–Trinajstić information content (AvgIpc) is 3.34. The van der Waals surface area contributed by atoms with Crippen LogP contribution in [0.5, 0.6) is 0 Å². The summed E-state index contributed by atoms with van der Waals surface area (Å²) in [5.74, 6) is -0.118. The highest BCUT2D eigenvalue weighted by molar-refractivity contribution is 7.92. The number of carbonyl (C=O) groups is 1. The van der Waals surface area contributed by atoms with Crippen molar-refractivity contribution in [3.8, 4) is 11.1 Å². The fourth-order valence-electron chi connectivity index (χ4n) is 4.97. The van der Waals surface area contributed by atoms with E-state index in [4.69, 9.17) is 4.74 Å². The van der Waals surface area contributed by atoms with Crippen LogP contribution in [0, 0.1) is 0 Å². The summed E-state index contributed by atoms with van der Waals surface area (Å²) in [7, 11) is -3.79. The number of hydrogen-bond acceptors (Lipinski definition) is 6. The van der Waals surface area contributed by atoms with Gasteiger partial charge in [0.05, 0.1) is 18.1 Å². The molecular formula is C32H37N3O4S2. The number of nitrogens with zero attached hydrogens (tertiary/aromatic N) is 1. The van der Waals surface area contributed by atoms with E-state index in [9.17, 15) is 13.2 Å². The summed E-state index contributed by atoms with van der Waals surface area (Å²) in [6.07, 6.45) is 0.861. The Balaban J connectivity index is 1.39. The lowest BCUT2D eigenvalue weighted by molar-refractivity contribution is 0.0374. The van der Waals surface area contributed by atoms with Crippen molar-refractivity contribution in [2.24, 2.45) is 0 Å². The van der Waals surface area contributed by atoms with Gasteiger partial charge in [-0.05, 0) is 59.8 Å². The molecule has 7 nitrogen and oxygen atoms in total. The molecule has 41 heavy (non-hydrogen) atoms. The Hall–Kier alpha value is -3.24. The number of amides is 1. The lowest BCUT2D eigenvalue weighted by Gasteiger charge is -2.26. The molecule has 0 spiro atoms. The van der Waals surface area contributed by atoms with Gasteiger partial charge in [0.1, 0.15) is 4.88 Å². The van der Waals surface area contributed by atoms with Crippen LogP contribution in [0.3, 0.4) is 0 Å². The molecular weight excluding hydrogens is 555 g/mol. The van der Waals surface area contributed by atoms with Crippen LogP contribution in [-0.4, -0.2) is 58.6 Å². The molecule has 0 atom stereocenters. The summed E-state index contributed by atoms with van der Waals surface area (Å²) < 4.78 is 35.6. The smallest absolute Gasteiger partial charge is 0.262 e. The third-order valence-corrected chi connectivity index (χ3v) is 9.85. The van der Waals surface area contributed by atoms with Crippen LogP contribution in [-0.2, 0) is 20.2 Å². The van der Waals surface area contributed by atoms with Crippen LogP contribution in [0.15, 0.2) is 77.7 Å². The maximum absolute atomic E-state index is 13.4. The third-order valence-electron chi connectivity index (χ3n) is 7.28. The Kier molecular flexibility index (Phi) is 8.79.